The Bertz CT molecular complexity index is 681. The van der Waals surface area contributed by atoms with Gasteiger partial charge in [-0.05, 0) is 60.5 Å². The number of ether oxygens (including phenoxy) is 2. The van der Waals surface area contributed by atoms with E-state index in [0.717, 1.165) is 33.2 Å². The van der Waals surface area contributed by atoms with E-state index in [9.17, 15) is 0 Å². The zero-order chi connectivity index (χ0) is 17.5. The molecule has 2 rings (SSSR count). The summed E-state index contributed by atoms with van der Waals surface area (Å²) in [4.78, 5) is 3.22. The third-order valence-electron chi connectivity index (χ3n) is 3.51. The zero-order valence-corrected chi connectivity index (χ0v) is 15.2. The summed E-state index contributed by atoms with van der Waals surface area (Å²) >= 11 is 1.72. The molecule has 2 aromatic rings. The van der Waals surface area contributed by atoms with Crippen molar-refractivity contribution in [3.63, 3.8) is 0 Å². The van der Waals surface area contributed by atoms with E-state index in [1.807, 2.05) is 57.4 Å². The number of benzene rings is 2. The third-order valence-corrected chi connectivity index (χ3v) is 4.65. The average molecular weight is 341 g/mol. The Morgan fingerprint density at radius 2 is 1.88 bits per heavy atom. The van der Waals surface area contributed by atoms with Crippen molar-refractivity contribution in [1.82, 2.24) is 0 Å². The minimum Gasteiger partial charge on any atom is -0.489 e. The lowest BCUT2D eigenvalue weighted by Crippen LogP contribution is -2.08. The fraction of sp³-hybridized carbons (Fsp3) is 0.250. The van der Waals surface area contributed by atoms with Crippen LogP contribution in [-0.4, -0.2) is 26.5 Å². The maximum Gasteiger partial charge on any atom is 0.180 e. The highest BCUT2D eigenvalue weighted by Gasteiger charge is 2.03. The molecular weight excluding hydrogens is 318 g/mol. The second-order valence-corrected chi connectivity index (χ2v) is 6.81. The molecule has 4 heteroatoms. The van der Waals surface area contributed by atoms with Gasteiger partial charge in [-0.1, -0.05) is 6.58 Å². The van der Waals surface area contributed by atoms with Crippen molar-refractivity contribution in [3.05, 3.63) is 67.3 Å². The molecule has 0 unspecified atom stereocenters. The predicted octanol–water partition coefficient (Wildman–Crippen LogP) is 4.84. The second kappa shape index (κ2) is 8.69. The van der Waals surface area contributed by atoms with Gasteiger partial charge >= 0.3 is 0 Å². The van der Waals surface area contributed by atoms with Crippen LogP contribution in [0.15, 0.2) is 59.5 Å². The summed E-state index contributed by atoms with van der Waals surface area (Å²) in [6, 6.07) is 14.0. The van der Waals surface area contributed by atoms with Crippen LogP contribution >= 0.6 is 11.8 Å². The van der Waals surface area contributed by atoms with Gasteiger partial charge < -0.3 is 14.4 Å². The lowest BCUT2D eigenvalue weighted by atomic mass is 10.2. The molecule has 0 fully saturated rings. The Labute approximate surface area is 149 Å². The van der Waals surface area contributed by atoms with Crippen molar-refractivity contribution in [2.75, 3.05) is 31.4 Å². The van der Waals surface area contributed by atoms with Crippen LogP contribution in [0.5, 0.6) is 11.5 Å². The lowest BCUT2D eigenvalue weighted by Gasteiger charge is -2.13. The Morgan fingerprint density at radius 3 is 2.46 bits per heavy atom. The molecule has 0 atom stereocenters. The van der Waals surface area contributed by atoms with Crippen molar-refractivity contribution in [2.45, 2.75) is 11.8 Å². The van der Waals surface area contributed by atoms with Gasteiger partial charge in [0.15, 0.2) is 7.11 Å². The van der Waals surface area contributed by atoms with Crippen LogP contribution in [0, 0.1) is 14.0 Å². The first kappa shape index (κ1) is 18.3. The maximum absolute atomic E-state index is 5.78. The Kier molecular flexibility index (Phi) is 6.62. The molecule has 0 aromatic heterocycles. The van der Waals surface area contributed by atoms with Crippen molar-refractivity contribution in [1.29, 1.82) is 0 Å². The SMILES string of the molecule is [CH]Oc1ccc(SCC(=C)COc2ccc(N(C)C)cc2)cc1C. The molecule has 0 aliphatic rings. The number of thioether (sulfide) groups is 1. The third kappa shape index (κ3) is 5.24. The smallest absolute Gasteiger partial charge is 0.180 e. The van der Waals surface area contributed by atoms with E-state index in [0.29, 0.717) is 12.4 Å². The van der Waals surface area contributed by atoms with Gasteiger partial charge in [0, 0.05) is 30.4 Å². The molecule has 0 spiro atoms. The molecule has 0 bridgehead atoms. The Hall–Kier alpha value is -2.07. The van der Waals surface area contributed by atoms with E-state index >= 15 is 0 Å². The van der Waals surface area contributed by atoms with Crippen LogP contribution in [-0.2, 0) is 0 Å². The summed E-state index contributed by atoms with van der Waals surface area (Å²) in [6.45, 7) is 6.57. The van der Waals surface area contributed by atoms with Gasteiger partial charge in [0.25, 0.3) is 0 Å². The molecule has 126 valence electrons. The predicted molar refractivity (Wildman–Crippen MR) is 102 cm³/mol. The molecular formula is C20H23NO2S. The normalized spacial score (nSPS) is 10.3. The van der Waals surface area contributed by atoms with E-state index in [1.54, 1.807) is 11.8 Å². The van der Waals surface area contributed by atoms with Crippen LogP contribution in [0.1, 0.15) is 5.56 Å². The van der Waals surface area contributed by atoms with Crippen LogP contribution in [0.4, 0.5) is 5.69 Å². The number of anilines is 1. The van der Waals surface area contributed by atoms with E-state index in [2.05, 4.69) is 17.5 Å². The van der Waals surface area contributed by atoms with Gasteiger partial charge in [-0.2, -0.15) is 0 Å². The molecule has 3 nitrogen and oxygen atoms in total. The number of aryl methyl sites for hydroxylation is 1. The highest BCUT2D eigenvalue weighted by Crippen LogP contribution is 2.26. The van der Waals surface area contributed by atoms with Crippen molar-refractivity contribution in [2.24, 2.45) is 0 Å². The molecule has 0 aliphatic heterocycles. The van der Waals surface area contributed by atoms with Crippen LogP contribution in [0.2, 0.25) is 0 Å². The number of hydrogen-bond donors (Lipinski definition) is 0. The van der Waals surface area contributed by atoms with Gasteiger partial charge in [-0.3, -0.25) is 0 Å². The van der Waals surface area contributed by atoms with E-state index < -0.39 is 0 Å². The number of hydrogen-bond acceptors (Lipinski definition) is 4. The summed E-state index contributed by atoms with van der Waals surface area (Å²) in [5.41, 5.74) is 3.20. The average Bonchev–Trinajstić information content (AvgIpc) is 2.58. The van der Waals surface area contributed by atoms with E-state index in [4.69, 9.17) is 16.6 Å². The minimum atomic E-state index is 0.511. The summed E-state index contributed by atoms with van der Waals surface area (Å²) < 4.78 is 10.6. The largest absolute Gasteiger partial charge is 0.489 e. The zero-order valence-electron chi connectivity index (χ0n) is 14.4. The topological polar surface area (TPSA) is 21.7 Å². The fourth-order valence-corrected chi connectivity index (χ4v) is 2.98. The summed E-state index contributed by atoms with van der Waals surface area (Å²) in [5.74, 6) is 2.35. The fourth-order valence-electron chi connectivity index (χ4n) is 2.10. The van der Waals surface area contributed by atoms with Gasteiger partial charge in [-0.15, -0.1) is 11.8 Å². The van der Waals surface area contributed by atoms with Gasteiger partial charge in [0.05, 0.1) is 0 Å². The van der Waals surface area contributed by atoms with Crippen LogP contribution < -0.4 is 14.4 Å². The summed E-state index contributed by atoms with van der Waals surface area (Å²) in [7, 11) is 9.24. The Morgan fingerprint density at radius 1 is 1.17 bits per heavy atom. The molecule has 2 aromatic carbocycles. The maximum atomic E-state index is 5.78. The monoisotopic (exact) mass is 341 g/mol. The molecule has 2 radical (unpaired) electrons. The Balaban J connectivity index is 1.80. The molecule has 24 heavy (non-hydrogen) atoms. The highest BCUT2D eigenvalue weighted by molar-refractivity contribution is 7.99. The molecule has 0 amide bonds. The standard InChI is InChI=1S/C20H23NO2S/c1-15(13-23-18-8-6-17(7-9-18)21(3)4)14-24-19-10-11-20(22-5)16(2)12-19/h5-12H,1,13-14H2,2-4H3. The first-order valence-electron chi connectivity index (χ1n) is 7.66. The lowest BCUT2D eigenvalue weighted by molar-refractivity contribution is 0.353. The van der Waals surface area contributed by atoms with E-state index in [-0.39, 0.29) is 0 Å². The summed E-state index contributed by atoms with van der Waals surface area (Å²) in [6.07, 6.45) is 0. The molecule has 0 heterocycles. The molecule has 0 N–H and O–H groups in total. The van der Waals surface area contributed by atoms with Crippen molar-refractivity contribution >= 4 is 17.4 Å². The minimum absolute atomic E-state index is 0.511. The number of nitrogens with zero attached hydrogens (tertiary/aromatic N) is 1. The van der Waals surface area contributed by atoms with Crippen LogP contribution in [0.25, 0.3) is 0 Å². The van der Waals surface area contributed by atoms with Gasteiger partial charge in [-0.25, -0.2) is 0 Å². The molecule has 0 saturated heterocycles. The first-order valence-corrected chi connectivity index (χ1v) is 8.65. The number of rotatable bonds is 8. The van der Waals surface area contributed by atoms with Crippen LogP contribution in [0.3, 0.4) is 0 Å². The first-order chi connectivity index (χ1) is 11.5. The summed E-state index contributed by atoms with van der Waals surface area (Å²) in [5, 5.41) is 0. The van der Waals surface area contributed by atoms with Crippen molar-refractivity contribution in [3.8, 4) is 11.5 Å². The van der Waals surface area contributed by atoms with Gasteiger partial charge in [0.1, 0.15) is 18.1 Å². The van der Waals surface area contributed by atoms with E-state index in [1.165, 1.54) is 0 Å². The molecule has 0 aliphatic carbocycles. The van der Waals surface area contributed by atoms with Crippen molar-refractivity contribution < 1.29 is 9.47 Å². The quantitative estimate of drug-likeness (QED) is 0.506. The second-order valence-electron chi connectivity index (χ2n) is 5.76. The molecule has 0 saturated carbocycles. The van der Waals surface area contributed by atoms with Gasteiger partial charge in [0.2, 0.25) is 0 Å². The highest BCUT2D eigenvalue weighted by atomic mass is 32.2.